The Morgan fingerprint density at radius 3 is 2.88 bits per heavy atom. The third kappa shape index (κ3) is 3.69. The maximum atomic E-state index is 12.7. The van der Waals surface area contributed by atoms with Gasteiger partial charge in [-0.05, 0) is 25.1 Å². The van der Waals surface area contributed by atoms with Gasteiger partial charge in [-0.15, -0.1) is 0 Å². The van der Waals surface area contributed by atoms with Crippen molar-refractivity contribution in [3.63, 3.8) is 0 Å². The number of morpholine rings is 1. The molecule has 1 unspecified atom stereocenters. The summed E-state index contributed by atoms with van der Waals surface area (Å²) >= 11 is 0. The molecule has 0 saturated carbocycles. The van der Waals surface area contributed by atoms with E-state index in [0.29, 0.717) is 31.3 Å². The first-order valence-corrected chi connectivity index (χ1v) is 8.07. The van der Waals surface area contributed by atoms with Crippen molar-refractivity contribution in [2.24, 2.45) is 0 Å². The summed E-state index contributed by atoms with van der Waals surface area (Å²) in [5, 5.41) is 0. The van der Waals surface area contributed by atoms with Crippen LogP contribution in [0.1, 0.15) is 27.8 Å². The quantitative estimate of drug-likeness (QED) is 0.884. The topological polar surface area (TPSA) is 91.4 Å². The zero-order valence-corrected chi connectivity index (χ0v) is 14.5. The molecule has 2 aromatic heterocycles. The molecule has 25 heavy (non-hydrogen) atoms. The van der Waals surface area contributed by atoms with Crippen LogP contribution in [0.25, 0.3) is 0 Å². The van der Waals surface area contributed by atoms with Gasteiger partial charge in [-0.2, -0.15) is 0 Å². The van der Waals surface area contributed by atoms with Gasteiger partial charge in [-0.25, -0.2) is 9.97 Å². The van der Waals surface area contributed by atoms with Gasteiger partial charge >= 0.3 is 0 Å². The first-order valence-electron chi connectivity index (χ1n) is 8.07. The van der Waals surface area contributed by atoms with E-state index in [4.69, 9.17) is 4.74 Å². The van der Waals surface area contributed by atoms with Gasteiger partial charge in [0.05, 0.1) is 18.8 Å². The molecule has 3 heterocycles. The average molecular weight is 343 g/mol. The standard InChI is InChI=1S/C17H21N5O3/c1-11-4-5-12(15(23)19-11)16(24)22-8-9-25-14(10-22)13-6-7-18-17(20-13)21(2)3/h4-7,14H,8-10H2,1-3H3,(H,19,23). The Hall–Kier alpha value is -2.74. The molecule has 0 aliphatic carbocycles. The van der Waals surface area contributed by atoms with Crippen molar-refractivity contribution < 1.29 is 9.53 Å². The van der Waals surface area contributed by atoms with E-state index in [1.165, 1.54) is 0 Å². The maximum Gasteiger partial charge on any atom is 0.260 e. The molecule has 1 atom stereocenters. The molecule has 0 spiro atoms. The molecule has 2 aromatic rings. The number of nitrogens with zero attached hydrogens (tertiary/aromatic N) is 4. The van der Waals surface area contributed by atoms with Crippen molar-refractivity contribution in [1.82, 2.24) is 19.9 Å². The number of aryl methyl sites for hydroxylation is 1. The predicted octanol–water partition coefficient (Wildman–Crippen LogP) is 0.753. The van der Waals surface area contributed by atoms with E-state index in [9.17, 15) is 9.59 Å². The predicted molar refractivity (Wildman–Crippen MR) is 92.8 cm³/mol. The van der Waals surface area contributed by atoms with Crippen molar-refractivity contribution >= 4 is 11.9 Å². The second-order valence-corrected chi connectivity index (χ2v) is 6.17. The zero-order chi connectivity index (χ0) is 18.0. The lowest BCUT2D eigenvalue weighted by molar-refractivity contribution is -0.0248. The number of carbonyl (C=O) groups excluding carboxylic acids is 1. The second kappa shape index (κ2) is 7.02. The lowest BCUT2D eigenvalue weighted by atomic mass is 10.1. The van der Waals surface area contributed by atoms with Crippen LogP contribution < -0.4 is 10.5 Å². The van der Waals surface area contributed by atoms with Gasteiger partial charge in [-0.3, -0.25) is 9.59 Å². The third-order valence-electron chi connectivity index (χ3n) is 4.03. The number of nitrogens with one attached hydrogen (secondary N) is 1. The summed E-state index contributed by atoms with van der Waals surface area (Å²) in [5.74, 6) is 0.288. The number of hydrogen-bond acceptors (Lipinski definition) is 6. The van der Waals surface area contributed by atoms with Crippen LogP contribution >= 0.6 is 0 Å². The summed E-state index contributed by atoms with van der Waals surface area (Å²) < 4.78 is 5.78. The minimum Gasteiger partial charge on any atom is -0.368 e. The van der Waals surface area contributed by atoms with Crippen LogP contribution in [0.2, 0.25) is 0 Å². The molecule has 8 heteroatoms. The lowest BCUT2D eigenvalue weighted by Crippen LogP contribution is -2.44. The van der Waals surface area contributed by atoms with Crippen molar-refractivity contribution in [3.05, 3.63) is 51.7 Å². The van der Waals surface area contributed by atoms with Gasteiger partial charge < -0.3 is 19.5 Å². The Balaban J connectivity index is 1.80. The summed E-state index contributed by atoms with van der Waals surface area (Å²) in [5.41, 5.74) is 1.21. The Morgan fingerprint density at radius 1 is 1.36 bits per heavy atom. The van der Waals surface area contributed by atoms with Crippen LogP contribution in [0.15, 0.2) is 29.2 Å². The van der Waals surface area contributed by atoms with Crippen LogP contribution in [-0.4, -0.2) is 59.6 Å². The molecule has 0 radical (unpaired) electrons. The van der Waals surface area contributed by atoms with Gasteiger partial charge in [0, 0.05) is 32.5 Å². The van der Waals surface area contributed by atoms with E-state index in [1.54, 1.807) is 41.1 Å². The van der Waals surface area contributed by atoms with E-state index in [2.05, 4.69) is 15.0 Å². The van der Waals surface area contributed by atoms with Crippen LogP contribution in [0.5, 0.6) is 0 Å². The number of pyridine rings is 1. The van der Waals surface area contributed by atoms with Crippen molar-refractivity contribution in [3.8, 4) is 0 Å². The summed E-state index contributed by atoms with van der Waals surface area (Å²) in [6.07, 6.45) is 1.33. The minimum atomic E-state index is -0.370. The molecule has 0 aromatic carbocycles. The highest BCUT2D eigenvalue weighted by Crippen LogP contribution is 2.22. The van der Waals surface area contributed by atoms with Crippen LogP contribution in [0.3, 0.4) is 0 Å². The molecular formula is C17H21N5O3. The van der Waals surface area contributed by atoms with E-state index < -0.39 is 0 Å². The highest BCUT2D eigenvalue weighted by molar-refractivity contribution is 5.93. The molecule has 1 aliphatic rings. The minimum absolute atomic E-state index is 0.142. The molecule has 1 N–H and O–H groups in total. The molecule has 3 rings (SSSR count). The summed E-state index contributed by atoms with van der Waals surface area (Å²) in [6, 6.07) is 5.07. The number of anilines is 1. The molecule has 8 nitrogen and oxygen atoms in total. The molecular weight excluding hydrogens is 322 g/mol. The first kappa shape index (κ1) is 17.1. The van der Waals surface area contributed by atoms with Gasteiger partial charge in [0.15, 0.2) is 0 Å². The Morgan fingerprint density at radius 2 is 2.16 bits per heavy atom. The molecule has 0 bridgehead atoms. The van der Waals surface area contributed by atoms with E-state index >= 15 is 0 Å². The fraction of sp³-hybridized carbons (Fsp3) is 0.412. The van der Waals surface area contributed by atoms with Crippen LogP contribution in [0, 0.1) is 6.92 Å². The SMILES string of the molecule is Cc1ccc(C(=O)N2CCOC(c3ccnc(N(C)C)n3)C2)c(=O)[nH]1. The van der Waals surface area contributed by atoms with E-state index in [1.807, 2.05) is 14.1 Å². The van der Waals surface area contributed by atoms with Crippen molar-refractivity contribution in [1.29, 1.82) is 0 Å². The highest BCUT2D eigenvalue weighted by atomic mass is 16.5. The Labute approximate surface area is 145 Å². The highest BCUT2D eigenvalue weighted by Gasteiger charge is 2.28. The fourth-order valence-electron chi connectivity index (χ4n) is 2.68. The lowest BCUT2D eigenvalue weighted by Gasteiger charge is -2.32. The number of carbonyl (C=O) groups is 1. The summed E-state index contributed by atoms with van der Waals surface area (Å²) in [7, 11) is 3.72. The number of aromatic amines is 1. The van der Waals surface area contributed by atoms with Gasteiger partial charge in [0.25, 0.3) is 11.5 Å². The normalized spacial score (nSPS) is 17.4. The number of amides is 1. The monoisotopic (exact) mass is 343 g/mol. The zero-order valence-electron chi connectivity index (χ0n) is 14.5. The van der Waals surface area contributed by atoms with E-state index in [-0.39, 0.29) is 23.1 Å². The van der Waals surface area contributed by atoms with Crippen LogP contribution in [0.4, 0.5) is 5.95 Å². The summed E-state index contributed by atoms with van der Waals surface area (Å²) in [6.45, 7) is 2.95. The fourth-order valence-corrected chi connectivity index (χ4v) is 2.68. The molecule has 1 saturated heterocycles. The number of H-pyrrole nitrogens is 1. The number of ether oxygens (including phenoxy) is 1. The molecule has 1 amide bonds. The first-order chi connectivity index (χ1) is 12.0. The number of aromatic nitrogens is 3. The largest absolute Gasteiger partial charge is 0.368 e. The van der Waals surface area contributed by atoms with Gasteiger partial charge in [0.2, 0.25) is 5.95 Å². The van der Waals surface area contributed by atoms with E-state index in [0.717, 1.165) is 5.69 Å². The van der Waals surface area contributed by atoms with Gasteiger partial charge in [-0.1, -0.05) is 0 Å². The molecule has 1 aliphatic heterocycles. The number of rotatable bonds is 3. The molecule has 132 valence electrons. The van der Waals surface area contributed by atoms with Crippen LogP contribution in [-0.2, 0) is 4.74 Å². The maximum absolute atomic E-state index is 12.7. The van der Waals surface area contributed by atoms with Crippen molar-refractivity contribution in [2.45, 2.75) is 13.0 Å². The molecule has 1 fully saturated rings. The second-order valence-electron chi connectivity index (χ2n) is 6.17. The van der Waals surface area contributed by atoms with Crippen molar-refractivity contribution in [2.75, 3.05) is 38.7 Å². The number of hydrogen-bond donors (Lipinski definition) is 1. The van der Waals surface area contributed by atoms with Gasteiger partial charge in [0.1, 0.15) is 11.7 Å². The Kier molecular flexibility index (Phi) is 4.80. The third-order valence-corrected chi connectivity index (χ3v) is 4.03. The Bertz CT molecular complexity index is 833. The smallest absolute Gasteiger partial charge is 0.260 e. The average Bonchev–Trinajstić information content (AvgIpc) is 2.61. The summed E-state index contributed by atoms with van der Waals surface area (Å²) in [4.78, 5) is 39.5.